The summed E-state index contributed by atoms with van der Waals surface area (Å²) in [6.45, 7) is 2.92. The average Bonchev–Trinajstić information content (AvgIpc) is 3.35. The van der Waals surface area contributed by atoms with Crippen molar-refractivity contribution < 1.29 is 93.6 Å². The first-order chi connectivity index (χ1) is 36.4. The SMILES string of the molecule is CC(C)[C@H](NC(=O)[C@H](CCCN=C(N)N)NC(=O)[C@@H](NC(=O)[C@H](CC(N)=O)NC(=O)[C@H](CO)NC(=O)[C@@H](NC(=O)[C@@H](NC(=O)[C@H](Cc1ccc(O)cc1)NC(=O)[C@H](CO)NC(=O)[C@@H](N)CO)[C@@H](C)O)[C@@H](C)O)[C@@H](C)O)C(=O)O. The Kier molecular flexibility index (Phi) is 29.2. The van der Waals surface area contributed by atoms with Crippen molar-refractivity contribution >= 4 is 71.0 Å². The van der Waals surface area contributed by atoms with Gasteiger partial charge in [-0.3, -0.25) is 52.9 Å². The van der Waals surface area contributed by atoms with Gasteiger partial charge in [-0.1, -0.05) is 26.0 Å². The lowest BCUT2D eigenvalue weighted by Crippen LogP contribution is -2.64. The lowest BCUT2D eigenvalue weighted by atomic mass is 10.0. The normalized spacial score (nSPS) is 16.1. The van der Waals surface area contributed by atoms with Gasteiger partial charge in [-0.25, -0.2) is 4.79 Å². The quantitative estimate of drug-likeness (QED) is 0.0173. The van der Waals surface area contributed by atoms with E-state index in [9.17, 15) is 93.6 Å². The first kappa shape index (κ1) is 68.2. The molecule has 0 aliphatic rings. The lowest BCUT2D eigenvalue weighted by Gasteiger charge is -2.29. The summed E-state index contributed by atoms with van der Waals surface area (Å²) in [6, 6.07) is -12.7. The molecular weight excluding hydrogens is 1040 g/mol. The number of phenolic OH excluding ortho intramolecular Hbond substituents is 1. The molecule has 0 fully saturated rings. The number of nitrogens with zero attached hydrogens (tertiary/aromatic N) is 1. The zero-order valence-electron chi connectivity index (χ0n) is 43.4. The number of phenols is 1. The summed E-state index contributed by atoms with van der Waals surface area (Å²) in [7, 11) is 0. The number of carboxylic acid groups (broad SMARTS) is 1. The second kappa shape index (κ2) is 33.4. The van der Waals surface area contributed by atoms with Crippen LogP contribution in [0.25, 0.3) is 0 Å². The number of benzene rings is 1. The first-order valence-corrected chi connectivity index (χ1v) is 24.1. The molecule has 0 aromatic heterocycles. The van der Waals surface area contributed by atoms with E-state index in [1.54, 1.807) is 0 Å². The number of aliphatic imine (C=N–C) groups is 1. The standard InChI is InChI=1S/C45H74N14O19/c1-18(2)31(44(77)78)56-36(69)25(7-6-12-50-45(48)49)51-41(74)32(19(3)63)57-38(71)27(14-30(47)67)53-40(73)29(17-62)55-42(75)33(20(4)64)59-43(76)34(21(5)65)58-37(70)26(13-22-8-10-23(66)11-9-22)52-39(72)28(16-61)54-35(68)24(46)15-60/h8-11,18-21,24-29,31-34,60-66H,6-7,12-17,46H2,1-5H3,(H2,47,67)(H,51,74)(H,52,72)(H,53,73)(H,54,68)(H,55,75)(H,56,69)(H,57,71)(H,58,70)(H,59,76)(H,77,78)(H4,48,49,50)/t19-,20-,21-,24+,25+,26+,27+,28+,29+,31+,32+,33+,34+/m1/s1. The highest BCUT2D eigenvalue weighted by Crippen LogP contribution is 2.13. The van der Waals surface area contributed by atoms with Crippen molar-refractivity contribution in [3.8, 4) is 5.75 Å². The van der Waals surface area contributed by atoms with Crippen LogP contribution in [0.15, 0.2) is 29.3 Å². The molecule has 0 radical (unpaired) electrons. The predicted octanol–water partition coefficient (Wildman–Crippen LogP) is -10.6. The van der Waals surface area contributed by atoms with Crippen molar-refractivity contribution in [3.63, 3.8) is 0 Å². The molecule has 33 nitrogen and oxygen atoms in total. The zero-order chi connectivity index (χ0) is 59.7. The van der Waals surface area contributed by atoms with Gasteiger partial charge in [-0.05, 0) is 57.2 Å². The highest BCUT2D eigenvalue weighted by Gasteiger charge is 2.38. The number of carboxylic acids is 1. The number of hydrogen-bond donors (Lipinski definition) is 21. The van der Waals surface area contributed by atoms with Gasteiger partial charge in [0.25, 0.3) is 0 Å². The van der Waals surface area contributed by atoms with Crippen molar-refractivity contribution in [1.29, 1.82) is 0 Å². The number of guanidine groups is 1. The van der Waals surface area contributed by atoms with Crippen LogP contribution in [0, 0.1) is 5.92 Å². The third-order valence-electron chi connectivity index (χ3n) is 11.2. The van der Waals surface area contributed by atoms with Crippen LogP contribution >= 0.6 is 0 Å². The Labute approximate surface area is 446 Å². The molecule has 0 aliphatic carbocycles. The third-order valence-corrected chi connectivity index (χ3v) is 11.2. The molecule has 0 unspecified atom stereocenters. The molecule has 33 heteroatoms. The summed E-state index contributed by atoms with van der Waals surface area (Å²) in [4.78, 5) is 148. The van der Waals surface area contributed by atoms with Crippen LogP contribution in [0.5, 0.6) is 5.75 Å². The van der Waals surface area contributed by atoms with E-state index < -0.39 is 176 Å². The minimum Gasteiger partial charge on any atom is -0.508 e. The first-order valence-electron chi connectivity index (χ1n) is 24.1. The molecule has 1 aromatic carbocycles. The van der Waals surface area contributed by atoms with Crippen molar-refractivity contribution in [2.45, 2.75) is 139 Å². The van der Waals surface area contributed by atoms with Crippen molar-refractivity contribution in [2.75, 3.05) is 26.4 Å². The van der Waals surface area contributed by atoms with E-state index >= 15 is 0 Å². The fourth-order valence-electron chi connectivity index (χ4n) is 6.81. The number of hydrogen-bond acceptors (Lipinski definition) is 20. The van der Waals surface area contributed by atoms with Crippen molar-refractivity contribution in [1.82, 2.24) is 47.9 Å². The third kappa shape index (κ3) is 23.2. The van der Waals surface area contributed by atoms with Gasteiger partial charge in [-0.2, -0.15) is 0 Å². The summed E-state index contributed by atoms with van der Waals surface area (Å²) in [5.74, 6) is -14.8. The molecule has 0 bridgehead atoms. The molecule has 0 saturated heterocycles. The Hall–Kier alpha value is -7.82. The maximum Gasteiger partial charge on any atom is 0.326 e. The van der Waals surface area contributed by atoms with Gasteiger partial charge in [0.1, 0.15) is 66.2 Å². The Morgan fingerprint density at radius 2 is 0.872 bits per heavy atom. The number of rotatable bonds is 34. The van der Waals surface area contributed by atoms with Gasteiger partial charge >= 0.3 is 5.97 Å². The summed E-state index contributed by atoms with van der Waals surface area (Å²) in [5.41, 5.74) is 21.8. The van der Waals surface area contributed by atoms with E-state index in [4.69, 9.17) is 22.9 Å². The topological polar surface area (TPSA) is 574 Å². The molecule has 1 aromatic rings. The van der Waals surface area contributed by atoms with Crippen molar-refractivity contribution in [3.05, 3.63) is 29.8 Å². The largest absolute Gasteiger partial charge is 0.508 e. The fourth-order valence-corrected chi connectivity index (χ4v) is 6.81. The summed E-state index contributed by atoms with van der Waals surface area (Å²) < 4.78 is 0. The number of aromatic hydroxyl groups is 1. The van der Waals surface area contributed by atoms with Crippen LogP contribution in [-0.2, 0) is 59.2 Å². The Bertz CT molecular complexity index is 2260. The van der Waals surface area contributed by atoms with Gasteiger partial charge in [0.2, 0.25) is 59.1 Å². The van der Waals surface area contributed by atoms with Gasteiger partial charge in [0.15, 0.2) is 5.96 Å². The van der Waals surface area contributed by atoms with Crippen LogP contribution < -0.4 is 70.8 Å². The van der Waals surface area contributed by atoms with E-state index in [1.165, 1.54) is 38.1 Å². The molecule has 13 atom stereocenters. The Morgan fingerprint density at radius 3 is 1.28 bits per heavy atom. The number of aliphatic hydroxyl groups excluding tert-OH is 6. The minimum absolute atomic E-state index is 0.0361. The van der Waals surface area contributed by atoms with Gasteiger partial charge < -0.3 is 112 Å². The summed E-state index contributed by atoms with van der Waals surface area (Å²) in [5, 5.41) is 99.9. The van der Waals surface area contributed by atoms with E-state index in [1.807, 2.05) is 5.32 Å². The summed E-state index contributed by atoms with van der Waals surface area (Å²) >= 11 is 0. The second-order valence-electron chi connectivity index (χ2n) is 18.2. The Balaban J connectivity index is 3.38. The lowest BCUT2D eigenvalue weighted by molar-refractivity contribution is -0.143. The number of aliphatic carboxylic acids is 1. The molecule has 0 spiro atoms. The van der Waals surface area contributed by atoms with Crippen LogP contribution in [0.4, 0.5) is 0 Å². The van der Waals surface area contributed by atoms with Gasteiger partial charge in [0.05, 0.1) is 44.6 Å². The van der Waals surface area contributed by atoms with Crippen molar-refractivity contribution in [2.24, 2.45) is 33.8 Å². The Morgan fingerprint density at radius 1 is 0.500 bits per heavy atom. The minimum atomic E-state index is -2.06. The molecule has 78 heavy (non-hydrogen) atoms. The van der Waals surface area contributed by atoms with Gasteiger partial charge in [0, 0.05) is 13.0 Å². The van der Waals surface area contributed by atoms with Gasteiger partial charge in [-0.15, -0.1) is 0 Å². The van der Waals surface area contributed by atoms with E-state index in [0.717, 1.165) is 20.8 Å². The van der Waals surface area contributed by atoms with E-state index in [2.05, 4.69) is 47.5 Å². The number of aliphatic hydroxyl groups is 6. The van der Waals surface area contributed by atoms with Crippen LogP contribution in [0.3, 0.4) is 0 Å². The molecule has 438 valence electrons. The number of nitrogens with two attached hydrogens (primary N) is 4. The van der Waals surface area contributed by atoms with Crippen LogP contribution in [0.1, 0.15) is 59.4 Å². The average molecular weight is 1120 g/mol. The maximum atomic E-state index is 13.8. The second-order valence-corrected chi connectivity index (χ2v) is 18.2. The molecule has 0 saturated carbocycles. The molecule has 0 aliphatic heterocycles. The van der Waals surface area contributed by atoms with E-state index in [-0.39, 0.29) is 37.5 Å². The number of amides is 10. The van der Waals surface area contributed by atoms with Crippen LogP contribution in [-0.4, -0.2) is 217 Å². The van der Waals surface area contributed by atoms with Crippen LogP contribution in [0.2, 0.25) is 0 Å². The predicted molar refractivity (Wildman–Crippen MR) is 270 cm³/mol. The molecule has 1 rings (SSSR count). The molecule has 25 N–H and O–H groups in total. The van der Waals surface area contributed by atoms with E-state index in [0.29, 0.717) is 5.56 Å². The highest BCUT2D eigenvalue weighted by atomic mass is 16.4. The summed E-state index contributed by atoms with van der Waals surface area (Å²) in [6.07, 6.45) is -6.93. The smallest absolute Gasteiger partial charge is 0.326 e. The fraction of sp³-hybridized carbons (Fsp3) is 0.600. The zero-order valence-corrected chi connectivity index (χ0v) is 43.4. The molecule has 10 amide bonds. The number of carbonyl (C=O) groups is 11. The maximum absolute atomic E-state index is 13.8. The number of carbonyl (C=O) groups excluding carboxylic acids is 10. The highest BCUT2D eigenvalue weighted by molar-refractivity contribution is 5.99. The number of nitrogens with one attached hydrogen (secondary N) is 9. The number of primary amides is 1. The molecular formula is C45H74N14O19. The molecule has 0 heterocycles. The monoisotopic (exact) mass is 1110 g/mol.